The number of aromatic nitrogens is 7. The van der Waals surface area contributed by atoms with Crippen LogP contribution in [0.4, 0.5) is 0 Å². The number of rotatable bonds is 2. The number of nitrogens with zero attached hydrogens (tertiary/aromatic N) is 6. The highest BCUT2D eigenvalue weighted by Crippen LogP contribution is 2.14. The van der Waals surface area contributed by atoms with Crippen LogP contribution in [0, 0.1) is 0 Å². The monoisotopic (exact) mass is 247 g/mol. The van der Waals surface area contributed by atoms with Gasteiger partial charge in [-0.3, -0.25) is 0 Å². The number of hydrogen-bond acceptors (Lipinski definition) is 5. The lowest BCUT2D eigenvalue weighted by Gasteiger charge is -2.01. The first-order valence-corrected chi connectivity index (χ1v) is 5.11. The zero-order valence-electron chi connectivity index (χ0n) is 8.45. The Bertz CT molecular complexity index is 564. The summed E-state index contributed by atoms with van der Waals surface area (Å²) in [6, 6.07) is 3.69. The summed E-state index contributed by atoms with van der Waals surface area (Å²) < 4.78 is 1.42. The summed E-state index contributed by atoms with van der Waals surface area (Å²) in [5.41, 5.74) is 0.760. The molecule has 0 saturated heterocycles. The SMILES string of the molecule is Clc1nc(-c2ccc[nH]2)nc(-n2cncn2)n1. The average Bonchev–Trinajstić information content (AvgIpc) is 3.02. The van der Waals surface area contributed by atoms with E-state index in [-0.39, 0.29) is 5.28 Å². The van der Waals surface area contributed by atoms with Gasteiger partial charge in [0, 0.05) is 6.20 Å². The van der Waals surface area contributed by atoms with E-state index in [9.17, 15) is 0 Å². The highest BCUT2D eigenvalue weighted by Gasteiger charge is 2.09. The largest absolute Gasteiger partial charge is 0.359 e. The molecular formula is C9H6ClN7. The van der Waals surface area contributed by atoms with Crippen molar-refractivity contribution < 1.29 is 0 Å². The Balaban J connectivity index is 2.13. The molecule has 0 radical (unpaired) electrons. The fourth-order valence-corrected chi connectivity index (χ4v) is 1.50. The van der Waals surface area contributed by atoms with Crippen LogP contribution in [0.15, 0.2) is 31.0 Å². The molecule has 0 unspecified atom stereocenters. The number of nitrogens with one attached hydrogen (secondary N) is 1. The van der Waals surface area contributed by atoms with E-state index in [0.717, 1.165) is 5.69 Å². The van der Waals surface area contributed by atoms with Gasteiger partial charge in [-0.2, -0.15) is 24.7 Å². The minimum atomic E-state index is 0.107. The van der Waals surface area contributed by atoms with Gasteiger partial charge in [0.15, 0.2) is 5.82 Å². The van der Waals surface area contributed by atoms with Gasteiger partial charge in [0.05, 0.1) is 5.69 Å². The van der Waals surface area contributed by atoms with Gasteiger partial charge in [0.25, 0.3) is 5.95 Å². The number of hydrogen-bond donors (Lipinski definition) is 1. The zero-order chi connectivity index (χ0) is 11.7. The first-order valence-electron chi connectivity index (χ1n) is 4.73. The third-order valence-corrected chi connectivity index (χ3v) is 2.23. The lowest BCUT2D eigenvalue weighted by Crippen LogP contribution is -2.05. The standard InChI is InChI=1S/C9H6ClN7/c10-8-14-7(6-2-1-3-12-6)15-9(16-8)17-5-11-4-13-17/h1-5,12H. The molecule has 0 atom stereocenters. The van der Waals surface area contributed by atoms with E-state index in [0.29, 0.717) is 11.8 Å². The van der Waals surface area contributed by atoms with Crippen molar-refractivity contribution in [3.05, 3.63) is 36.3 Å². The van der Waals surface area contributed by atoms with E-state index in [1.807, 2.05) is 12.1 Å². The van der Waals surface area contributed by atoms with Gasteiger partial charge in [-0.15, -0.1) is 0 Å². The number of aromatic amines is 1. The summed E-state index contributed by atoms with van der Waals surface area (Å²) in [7, 11) is 0. The molecule has 8 heteroatoms. The van der Waals surface area contributed by atoms with E-state index in [1.165, 1.54) is 17.3 Å². The van der Waals surface area contributed by atoms with E-state index >= 15 is 0 Å². The van der Waals surface area contributed by atoms with Crippen molar-refractivity contribution in [3.8, 4) is 17.5 Å². The summed E-state index contributed by atoms with van der Waals surface area (Å²) >= 11 is 5.85. The van der Waals surface area contributed by atoms with Crippen LogP contribution in [0.5, 0.6) is 0 Å². The maximum absolute atomic E-state index is 5.85. The average molecular weight is 248 g/mol. The predicted molar refractivity (Wildman–Crippen MR) is 59.5 cm³/mol. The minimum absolute atomic E-state index is 0.107. The molecule has 0 fully saturated rings. The Morgan fingerprint density at radius 2 is 2.18 bits per heavy atom. The normalized spacial score (nSPS) is 10.6. The van der Waals surface area contributed by atoms with E-state index in [2.05, 4.69) is 30.0 Å². The van der Waals surface area contributed by atoms with Gasteiger partial charge in [0.2, 0.25) is 5.28 Å². The predicted octanol–water partition coefficient (Wildman–Crippen LogP) is 1.10. The molecule has 3 aromatic rings. The molecule has 0 aliphatic carbocycles. The van der Waals surface area contributed by atoms with Crippen LogP contribution < -0.4 is 0 Å². The molecule has 0 bridgehead atoms. The third kappa shape index (κ3) is 1.87. The van der Waals surface area contributed by atoms with Crippen LogP contribution in [0.1, 0.15) is 0 Å². The smallest absolute Gasteiger partial charge is 0.256 e. The van der Waals surface area contributed by atoms with Crippen LogP contribution in [0.25, 0.3) is 17.5 Å². The van der Waals surface area contributed by atoms with E-state index in [4.69, 9.17) is 11.6 Å². The summed E-state index contributed by atoms with van der Waals surface area (Å²) in [5.74, 6) is 0.785. The van der Waals surface area contributed by atoms with Gasteiger partial charge < -0.3 is 4.98 Å². The molecule has 17 heavy (non-hydrogen) atoms. The van der Waals surface area contributed by atoms with Crippen molar-refractivity contribution in [2.45, 2.75) is 0 Å². The second kappa shape index (κ2) is 3.95. The molecule has 0 spiro atoms. The molecule has 0 saturated carbocycles. The lowest BCUT2D eigenvalue weighted by molar-refractivity contribution is 0.795. The maximum atomic E-state index is 5.85. The first-order chi connectivity index (χ1) is 8.33. The number of H-pyrrole nitrogens is 1. The molecule has 0 aromatic carbocycles. The van der Waals surface area contributed by atoms with Gasteiger partial charge in [-0.05, 0) is 23.7 Å². The van der Waals surface area contributed by atoms with Crippen LogP contribution in [0.3, 0.4) is 0 Å². The van der Waals surface area contributed by atoms with Crippen molar-refractivity contribution >= 4 is 11.6 Å². The first kappa shape index (κ1) is 9.91. The summed E-state index contributed by atoms with van der Waals surface area (Å²) in [6.07, 6.45) is 4.67. The van der Waals surface area contributed by atoms with Crippen LogP contribution in [0.2, 0.25) is 5.28 Å². The van der Waals surface area contributed by atoms with Crippen molar-refractivity contribution in [2.24, 2.45) is 0 Å². The Morgan fingerprint density at radius 3 is 2.88 bits per heavy atom. The molecule has 3 aromatic heterocycles. The van der Waals surface area contributed by atoms with Crippen LogP contribution in [-0.4, -0.2) is 34.7 Å². The zero-order valence-corrected chi connectivity index (χ0v) is 9.20. The van der Waals surface area contributed by atoms with Gasteiger partial charge in [-0.1, -0.05) is 0 Å². The molecule has 3 rings (SSSR count). The van der Waals surface area contributed by atoms with Crippen molar-refractivity contribution in [1.29, 1.82) is 0 Å². The molecule has 0 aliphatic rings. The van der Waals surface area contributed by atoms with Gasteiger partial charge >= 0.3 is 0 Å². The molecule has 84 valence electrons. The van der Waals surface area contributed by atoms with Gasteiger partial charge in [0.1, 0.15) is 12.7 Å². The molecule has 7 nitrogen and oxygen atoms in total. The third-order valence-electron chi connectivity index (χ3n) is 2.06. The fraction of sp³-hybridized carbons (Fsp3) is 0. The fourth-order valence-electron chi connectivity index (χ4n) is 1.34. The molecule has 3 heterocycles. The summed E-state index contributed by atoms with van der Waals surface area (Å²) in [6.45, 7) is 0. The summed E-state index contributed by atoms with van der Waals surface area (Å²) in [4.78, 5) is 19.1. The second-order valence-corrected chi connectivity index (χ2v) is 3.49. The van der Waals surface area contributed by atoms with E-state index < -0.39 is 0 Å². The van der Waals surface area contributed by atoms with Crippen molar-refractivity contribution in [1.82, 2.24) is 34.7 Å². The molecule has 0 amide bonds. The van der Waals surface area contributed by atoms with E-state index in [1.54, 1.807) is 6.20 Å². The lowest BCUT2D eigenvalue weighted by atomic mass is 10.4. The van der Waals surface area contributed by atoms with Gasteiger partial charge in [-0.25, -0.2) is 4.98 Å². The topological polar surface area (TPSA) is 85.2 Å². The summed E-state index contributed by atoms with van der Waals surface area (Å²) in [5, 5.41) is 4.04. The minimum Gasteiger partial charge on any atom is -0.359 e. The highest BCUT2D eigenvalue weighted by atomic mass is 35.5. The second-order valence-electron chi connectivity index (χ2n) is 3.15. The Hall–Kier alpha value is -2.28. The van der Waals surface area contributed by atoms with Crippen molar-refractivity contribution in [3.63, 3.8) is 0 Å². The highest BCUT2D eigenvalue weighted by molar-refractivity contribution is 6.28. The Morgan fingerprint density at radius 1 is 1.24 bits per heavy atom. The molecule has 0 aliphatic heterocycles. The Kier molecular flexibility index (Phi) is 2.30. The van der Waals surface area contributed by atoms with Crippen LogP contribution in [-0.2, 0) is 0 Å². The van der Waals surface area contributed by atoms with Crippen molar-refractivity contribution in [2.75, 3.05) is 0 Å². The maximum Gasteiger partial charge on any atom is 0.256 e. The quantitative estimate of drug-likeness (QED) is 0.733. The molecular weight excluding hydrogens is 242 g/mol. The molecule has 1 N–H and O–H groups in total. The van der Waals surface area contributed by atoms with Crippen LogP contribution >= 0.6 is 11.6 Å². The number of halogens is 1. The Labute approximate surface area is 101 Å².